The zero-order valence-corrected chi connectivity index (χ0v) is 15.9. The number of anilines is 2. The standard InChI is InChI=1S/C23H18N2O4/c1-14-3-7-17(8-4-14)25-22(27)20-12-11-19(13-21(20)23(25)28)29-18-9-5-16(6-10-18)24-15(2)26/h3-13H,1-2H3,(H,24,26). The average Bonchev–Trinajstić information content (AvgIpc) is 2.94. The fourth-order valence-electron chi connectivity index (χ4n) is 3.16. The second-order valence-corrected chi connectivity index (χ2v) is 6.80. The smallest absolute Gasteiger partial charge is 0.266 e. The van der Waals surface area contributed by atoms with Gasteiger partial charge in [-0.2, -0.15) is 0 Å². The van der Waals surface area contributed by atoms with Crippen LogP contribution in [0.25, 0.3) is 0 Å². The SMILES string of the molecule is CC(=O)Nc1ccc(Oc2ccc3c(c2)C(=O)N(c2ccc(C)cc2)C3=O)cc1. The summed E-state index contributed by atoms with van der Waals surface area (Å²) >= 11 is 0. The zero-order valence-electron chi connectivity index (χ0n) is 15.9. The largest absolute Gasteiger partial charge is 0.457 e. The van der Waals surface area contributed by atoms with E-state index in [2.05, 4.69) is 5.32 Å². The number of ether oxygens (including phenoxy) is 1. The minimum Gasteiger partial charge on any atom is -0.457 e. The van der Waals surface area contributed by atoms with Crippen LogP contribution in [-0.4, -0.2) is 17.7 Å². The number of imide groups is 1. The Morgan fingerprint density at radius 3 is 2.10 bits per heavy atom. The van der Waals surface area contributed by atoms with Crippen LogP contribution in [0.3, 0.4) is 0 Å². The molecule has 0 radical (unpaired) electrons. The molecule has 0 unspecified atom stereocenters. The normalized spacial score (nSPS) is 12.7. The van der Waals surface area contributed by atoms with E-state index in [0.717, 1.165) is 5.56 Å². The number of nitrogens with one attached hydrogen (secondary N) is 1. The van der Waals surface area contributed by atoms with Gasteiger partial charge in [-0.25, -0.2) is 4.90 Å². The molecule has 6 nitrogen and oxygen atoms in total. The van der Waals surface area contributed by atoms with E-state index in [9.17, 15) is 14.4 Å². The predicted octanol–water partition coefficient (Wildman–Crippen LogP) is 4.55. The Balaban J connectivity index is 1.57. The summed E-state index contributed by atoms with van der Waals surface area (Å²) in [5.74, 6) is 0.119. The molecular weight excluding hydrogens is 368 g/mol. The number of hydrogen-bond donors (Lipinski definition) is 1. The molecule has 1 heterocycles. The summed E-state index contributed by atoms with van der Waals surface area (Å²) in [6.45, 7) is 3.38. The summed E-state index contributed by atoms with van der Waals surface area (Å²) in [5, 5.41) is 2.68. The number of benzene rings is 3. The maximum absolute atomic E-state index is 12.9. The molecule has 0 saturated carbocycles. The number of carbonyl (C=O) groups excluding carboxylic acids is 3. The summed E-state index contributed by atoms with van der Waals surface area (Å²) in [4.78, 5) is 37.8. The fraction of sp³-hybridized carbons (Fsp3) is 0.0870. The van der Waals surface area contributed by atoms with Crippen molar-refractivity contribution in [2.75, 3.05) is 10.2 Å². The lowest BCUT2D eigenvalue weighted by Gasteiger charge is -2.13. The molecule has 1 N–H and O–H groups in total. The van der Waals surface area contributed by atoms with Crippen LogP contribution in [0.2, 0.25) is 0 Å². The van der Waals surface area contributed by atoms with E-state index in [1.807, 2.05) is 19.1 Å². The monoisotopic (exact) mass is 386 g/mol. The molecule has 3 aromatic rings. The second kappa shape index (κ2) is 7.24. The Morgan fingerprint density at radius 1 is 0.828 bits per heavy atom. The lowest BCUT2D eigenvalue weighted by molar-refractivity contribution is -0.114. The number of nitrogens with zero attached hydrogens (tertiary/aromatic N) is 1. The summed E-state index contributed by atoms with van der Waals surface area (Å²) in [7, 11) is 0. The highest BCUT2D eigenvalue weighted by Gasteiger charge is 2.36. The van der Waals surface area contributed by atoms with Crippen LogP contribution < -0.4 is 15.0 Å². The summed E-state index contributed by atoms with van der Waals surface area (Å²) in [5.41, 5.74) is 2.91. The van der Waals surface area contributed by atoms with Crippen LogP contribution in [0, 0.1) is 6.92 Å². The van der Waals surface area contributed by atoms with Gasteiger partial charge >= 0.3 is 0 Å². The molecule has 4 rings (SSSR count). The van der Waals surface area contributed by atoms with Crippen molar-refractivity contribution in [1.29, 1.82) is 0 Å². The molecule has 1 aliphatic heterocycles. The topological polar surface area (TPSA) is 75.7 Å². The number of hydrogen-bond acceptors (Lipinski definition) is 4. The third-order valence-electron chi connectivity index (χ3n) is 4.56. The highest BCUT2D eigenvalue weighted by Crippen LogP contribution is 2.32. The van der Waals surface area contributed by atoms with Gasteiger partial charge in [0.15, 0.2) is 0 Å². The first kappa shape index (κ1) is 18.4. The quantitative estimate of drug-likeness (QED) is 0.668. The number of carbonyl (C=O) groups is 3. The molecule has 0 aliphatic carbocycles. The summed E-state index contributed by atoms with van der Waals surface area (Å²) < 4.78 is 5.81. The van der Waals surface area contributed by atoms with Gasteiger partial charge in [0, 0.05) is 12.6 Å². The number of amides is 3. The van der Waals surface area contributed by atoms with Crippen molar-refractivity contribution >= 4 is 29.1 Å². The van der Waals surface area contributed by atoms with Gasteiger partial charge in [0.25, 0.3) is 11.8 Å². The van der Waals surface area contributed by atoms with Crippen LogP contribution in [0.1, 0.15) is 33.2 Å². The van der Waals surface area contributed by atoms with Crippen molar-refractivity contribution in [3.05, 3.63) is 83.4 Å². The molecule has 0 spiro atoms. The first-order chi connectivity index (χ1) is 13.9. The van der Waals surface area contributed by atoms with Gasteiger partial charge in [-0.3, -0.25) is 14.4 Å². The fourth-order valence-corrected chi connectivity index (χ4v) is 3.16. The van der Waals surface area contributed by atoms with Crippen LogP contribution in [0.4, 0.5) is 11.4 Å². The van der Waals surface area contributed by atoms with Crippen molar-refractivity contribution in [1.82, 2.24) is 0 Å². The van der Waals surface area contributed by atoms with Crippen LogP contribution >= 0.6 is 0 Å². The van der Waals surface area contributed by atoms with Crippen molar-refractivity contribution in [2.24, 2.45) is 0 Å². The first-order valence-electron chi connectivity index (χ1n) is 9.07. The van der Waals surface area contributed by atoms with Crippen molar-refractivity contribution in [2.45, 2.75) is 13.8 Å². The van der Waals surface area contributed by atoms with E-state index < -0.39 is 0 Å². The molecule has 29 heavy (non-hydrogen) atoms. The highest BCUT2D eigenvalue weighted by molar-refractivity contribution is 6.34. The van der Waals surface area contributed by atoms with Crippen molar-refractivity contribution in [3.63, 3.8) is 0 Å². The Morgan fingerprint density at radius 2 is 1.45 bits per heavy atom. The molecular formula is C23H18N2O4. The summed E-state index contributed by atoms with van der Waals surface area (Å²) in [6.07, 6.45) is 0. The molecule has 3 amide bonds. The molecule has 0 fully saturated rings. The Bertz CT molecular complexity index is 1120. The Kier molecular flexibility index (Phi) is 4.60. The lowest BCUT2D eigenvalue weighted by atomic mass is 10.1. The molecule has 0 saturated heterocycles. The molecule has 0 atom stereocenters. The minimum absolute atomic E-state index is 0.154. The minimum atomic E-state index is -0.375. The van der Waals surface area contributed by atoms with Crippen LogP contribution in [0.15, 0.2) is 66.7 Å². The average molecular weight is 386 g/mol. The van der Waals surface area contributed by atoms with Gasteiger partial charge in [0.05, 0.1) is 16.8 Å². The van der Waals surface area contributed by atoms with Gasteiger partial charge in [-0.05, 0) is 61.5 Å². The van der Waals surface area contributed by atoms with Crippen molar-refractivity contribution in [3.8, 4) is 11.5 Å². The molecule has 3 aromatic carbocycles. The second-order valence-electron chi connectivity index (χ2n) is 6.80. The van der Waals surface area contributed by atoms with E-state index in [0.29, 0.717) is 34.0 Å². The maximum atomic E-state index is 12.9. The first-order valence-corrected chi connectivity index (χ1v) is 9.07. The van der Waals surface area contributed by atoms with Gasteiger partial charge in [-0.15, -0.1) is 0 Å². The predicted molar refractivity (Wildman–Crippen MR) is 110 cm³/mol. The Hall–Kier alpha value is -3.93. The van der Waals surface area contributed by atoms with Crippen molar-refractivity contribution < 1.29 is 19.1 Å². The van der Waals surface area contributed by atoms with Gasteiger partial charge in [0.1, 0.15) is 11.5 Å². The van der Waals surface area contributed by atoms with E-state index in [4.69, 9.17) is 4.74 Å². The van der Waals surface area contributed by atoms with E-state index in [-0.39, 0.29) is 17.7 Å². The number of aryl methyl sites for hydroxylation is 1. The molecule has 0 bridgehead atoms. The Labute approximate surface area is 167 Å². The van der Waals surface area contributed by atoms with Gasteiger partial charge in [0.2, 0.25) is 5.91 Å². The van der Waals surface area contributed by atoms with Gasteiger partial charge in [-0.1, -0.05) is 17.7 Å². The third kappa shape index (κ3) is 3.60. The van der Waals surface area contributed by atoms with Gasteiger partial charge < -0.3 is 10.1 Å². The van der Waals surface area contributed by atoms with Crippen LogP contribution in [-0.2, 0) is 4.79 Å². The van der Waals surface area contributed by atoms with E-state index in [1.165, 1.54) is 11.8 Å². The number of rotatable bonds is 4. The third-order valence-corrected chi connectivity index (χ3v) is 4.56. The zero-order chi connectivity index (χ0) is 20.5. The van der Waals surface area contributed by atoms with E-state index in [1.54, 1.807) is 54.6 Å². The lowest BCUT2D eigenvalue weighted by Crippen LogP contribution is -2.29. The highest BCUT2D eigenvalue weighted by atomic mass is 16.5. The molecule has 1 aliphatic rings. The summed E-state index contributed by atoms with van der Waals surface area (Å²) in [6, 6.07) is 18.9. The van der Waals surface area contributed by atoms with E-state index >= 15 is 0 Å². The molecule has 144 valence electrons. The van der Waals surface area contributed by atoms with Crippen LogP contribution in [0.5, 0.6) is 11.5 Å². The maximum Gasteiger partial charge on any atom is 0.266 e. The molecule has 6 heteroatoms. The number of fused-ring (bicyclic) bond motifs is 1. The molecule has 0 aromatic heterocycles.